The molecule has 3 aromatic rings. The molecule has 0 N–H and O–H groups in total. The van der Waals surface area contributed by atoms with E-state index in [1.54, 1.807) is 34.9 Å². The summed E-state index contributed by atoms with van der Waals surface area (Å²) in [5.74, 6) is 0.200. The van der Waals surface area contributed by atoms with Gasteiger partial charge in [-0.2, -0.15) is 0 Å². The lowest BCUT2D eigenvalue weighted by Crippen LogP contribution is -2.03. The van der Waals surface area contributed by atoms with Gasteiger partial charge in [0.1, 0.15) is 0 Å². The molecular formula is C14H9BrClN3O2. The minimum Gasteiger partial charge on any atom is -0.465 e. The highest BCUT2D eigenvalue weighted by Gasteiger charge is 2.14. The van der Waals surface area contributed by atoms with Gasteiger partial charge in [-0.3, -0.25) is 4.40 Å². The number of carbonyl (C=O) groups is 1. The number of hydrogen-bond donors (Lipinski definition) is 0. The van der Waals surface area contributed by atoms with E-state index in [0.717, 1.165) is 10.0 Å². The normalized spacial score (nSPS) is 10.8. The Morgan fingerprint density at radius 3 is 2.81 bits per heavy atom. The predicted octanol–water partition coefficient (Wildman–Crippen LogP) is 3.60. The summed E-state index contributed by atoms with van der Waals surface area (Å²) < 4.78 is 7.26. The average molecular weight is 367 g/mol. The number of methoxy groups -OCH3 is 1. The molecule has 3 rings (SSSR count). The minimum atomic E-state index is -0.410. The van der Waals surface area contributed by atoms with Crippen molar-refractivity contribution >= 4 is 39.1 Å². The lowest BCUT2D eigenvalue weighted by Gasteiger charge is -2.05. The second-order valence-electron chi connectivity index (χ2n) is 4.29. The van der Waals surface area contributed by atoms with Crippen LogP contribution in [-0.2, 0) is 4.74 Å². The van der Waals surface area contributed by atoms with Crippen molar-refractivity contribution in [1.29, 1.82) is 0 Å². The molecule has 0 fully saturated rings. The molecule has 0 atom stereocenters. The molecule has 0 bridgehead atoms. The molecule has 0 unspecified atom stereocenters. The Bertz CT molecular complexity index is 847. The van der Waals surface area contributed by atoms with Crippen molar-refractivity contribution in [3.63, 3.8) is 0 Å². The van der Waals surface area contributed by atoms with Gasteiger partial charge >= 0.3 is 5.97 Å². The summed E-state index contributed by atoms with van der Waals surface area (Å²) in [5.41, 5.74) is 1.89. The molecule has 0 spiro atoms. The standard InChI is InChI=1S/C14H9BrClN3O2/c1-21-14(20)8-2-5-12-17-18-13(19(12)7-8)10-4-3-9(16)6-11(10)15/h2-7H,1H3. The zero-order chi connectivity index (χ0) is 15.0. The summed E-state index contributed by atoms with van der Waals surface area (Å²) in [4.78, 5) is 11.6. The maximum Gasteiger partial charge on any atom is 0.339 e. The molecule has 0 aliphatic carbocycles. The topological polar surface area (TPSA) is 56.5 Å². The van der Waals surface area contributed by atoms with E-state index in [9.17, 15) is 4.79 Å². The number of esters is 1. The molecule has 1 aromatic carbocycles. The molecule has 2 heterocycles. The Morgan fingerprint density at radius 1 is 1.29 bits per heavy atom. The Balaban J connectivity index is 2.20. The molecule has 0 amide bonds. The van der Waals surface area contributed by atoms with Crippen molar-refractivity contribution in [3.05, 3.63) is 51.6 Å². The van der Waals surface area contributed by atoms with Crippen molar-refractivity contribution in [2.24, 2.45) is 0 Å². The minimum absolute atomic E-state index is 0.410. The van der Waals surface area contributed by atoms with Gasteiger partial charge in [0, 0.05) is 21.3 Å². The molecular weight excluding hydrogens is 358 g/mol. The first kappa shape index (κ1) is 14.0. The number of hydrogen-bond acceptors (Lipinski definition) is 4. The van der Waals surface area contributed by atoms with Gasteiger partial charge in [-0.1, -0.05) is 11.6 Å². The van der Waals surface area contributed by atoms with Gasteiger partial charge in [-0.25, -0.2) is 4.79 Å². The lowest BCUT2D eigenvalue weighted by atomic mass is 10.2. The van der Waals surface area contributed by atoms with E-state index in [2.05, 4.69) is 26.1 Å². The number of halogens is 2. The van der Waals surface area contributed by atoms with Crippen LogP contribution in [0.15, 0.2) is 41.0 Å². The van der Waals surface area contributed by atoms with Crippen LogP contribution in [0.3, 0.4) is 0 Å². The van der Waals surface area contributed by atoms with Crippen molar-refractivity contribution in [3.8, 4) is 11.4 Å². The number of rotatable bonds is 2. The summed E-state index contributed by atoms with van der Waals surface area (Å²) in [6.45, 7) is 0. The highest BCUT2D eigenvalue weighted by Crippen LogP contribution is 2.29. The van der Waals surface area contributed by atoms with E-state index in [1.165, 1.54) is 7.11 Å². The second-order valence-corrected chi connectivity index (χ2v) is 5.58. The number of pyridine rings is 1. The van der Waals surface area contributed by atoms with Gasteiger partial charge in [0.2, 0.25) is 0 Å². The van der Waals surface area contributed by atoms with Crippen LogP contribution in [0.2, 0.25) is 5.02 Å². The fourth-order valence-corrected chi connectivity index (χ4v) is 2.84. The largest absolute Gasteiger partial charge is 0.465 e. The first-order chi connectivity index (χ1) is 10.1. The molecule has 21 heavy (non-hydrogen) atoms. The quantitative estimate of drug-likeness (QED) is 0.650. The van der Waals surface area contributed by atoms with Crippen LogP contribution in [0.4, 0.5) is 0 Å². The molecule has 0 saturated heterocycles. The third kappa shape index (κ3) is 2.52. The molecule has 2 aromatic heterocycles. The third-order valence-corrected chi connectivity index (χ3v) is 3.89. The Labute approximate surface area is 133 Å². The fourth-order valence-electron chi connectivity index (χ4n) is 1.98. The van der Waals surface area contributed by atoms with E-state index in [1.807, 2.05) is 6.07 Å². The van der Waals surface area contributed by atoms with Crippen LogP contribution in [0.5, 0.6) is 0 Å². The van der Waals surface area contributed by atoms with Crippen molar-refractivity contribution < 1.29 is 9.53 Å². The highest BCUT2D eigenvalue weighted by molar-refractivity contribution is 9.10. The van der Waals surface area contributed by atoms with Crippen LogP contribution >= 0.6 is 27.5 Å². The van der Waals surface area contributed by atoms with Gasteiger partial charge in [-0.15, -0.1) is 10.2 Å². The summed E-state index contributed by atoms with van der Waals surface area (Å²) in [5, 5.41) is 8.88. The zero-order valence-corrected chi connectivity index (χ0v) is 13.2. The molecule has 7 heteroatoms. The average Bonchev–Trinajstić information content (AvgIpc) is 2.89. The van der Waals surface area contributed by atoms with E-state index in [0.29, 0.717) is 22.1 Å². The fraction of sp³-hybridized carbons (Fsp3) is 0.0714. The molecule has 0 aliphatic rings. The highest BCUT2D eigenvalue weighted by atomic mass is 79.9. The van der Waals surface area contributed by atoms with Gasteiger partial charge < -0.3 is 4.74 Å². The molecule has 0 radical (unpaired) electrons. The zero-order valence-electron chi connectivity index (χ0n) is 10.9. The van der Waals surface area contributed by atoms with Crippen LogP contribution in [0.25, 0.3) is 17.0 Å². The smallest absolute Gasteiger partial charge is 0.339 e. The maximum atomic E-state index is 11.6. The SMILES string of the molecule is COC(=O)c1ccc2nnc(-c3ccc(Cl)cc3Br)n2c1. The number of nitrogens with zero attached hydrogens (tertiary/aromatic N) is 3. The maximum absolute atomic E-state index is 11.6. The summed E-state index contributed by atoms with van der Waals surface area (Å²) in [6.07, 6.45) is 1.65. The van der Waals surface area contributed by atoms with Crippen molar-refractivity contribution in [2.75, 3.05) is 7.11 Å². The summed E-state index contributed by atoms with van der Waals surface area (Å²) >= 11 is 9.41. The Kier molecular flexibility index (Phi) is 3.65. The number of benzene rings is 1. The van der Waals surface area contributed by atoms with E-state index >= 15 is 0 Å². The molecule has 0 aliphatic heterocycles. The van der Waals surface area contributed by atoms with Gasteiger partial charge in [-0.05, 0) is 46.3 Å². The van der Waals surface area contributed by atoms with Crippen LogP contribution < -0.4 is 0 Å². The lowest BCUT2D eigenvalue weighted by molar-refractivity contribution is 0.0600. The first-order valence-electron chi connectivity index (χ1n) is 5.98. The monoisotopic (exact) mass is 365 g/mol. The number of fused-ring (bicyclic) bond motifs is 1. The van der Waals surface area contributed by atoms with Crippen molar-refractivity contribution in [1.82, 2.24) is 14.6 Å². The number of aromatic nitrogens is 3. The van der Waals surface area contributed by atoms with Crippen LogP contribution in [0.1, 0.15) is 10.4 Å². The van der Waals surface area contributed by atoms with Gasteiger partial charge in [0.25, 0.3) is 0 Å². The van der Waals surface area contributed by atoms with Gasteiger partial charge in [0.15, 0.2) is 11.5 Å². The van der Waals surface area contributed by atoms with Crippen LogP contribution in [0, 0.1) is 0 Å². The van der Waals surface area contributed by atoms with Gasteiger partial charge in [0.05, 0.1) is 12.7 Å². The van der Waals surface area contributed by atoms with Crippen molar-refractivity contribution in [2.45, 2.75) is 0 Å². The Hall–Kier alpha value is -1.92. The molecule has 5 nitrogen and oxygen atoms in total. The third-order valence-electron chi connectivity index (χ3n) is 3.00. The molecule has 0 saturated carbocycles. The summed E-state index contributed by atoms with van der Waals surface area (Å²) in [6, 6.07) is 8.76. The first-order valence-corrected chi connectivity index (χ1v) is 7.16. The van der Waals surface area contributed by atoms with E-state index in [-0.39, 0.29) is 0 Å². The second kappa shape index (κ2) is 5.46. The summed E-state index contributed by atoms with van der Waals surface area (Å²) in [7, 11) is 1.34. The number of carbonyl (C=O) groups excluding carboxylic acids is 1. The van der Waals surface area contributed by atoms with E-state index < -0.39 is 5.97 Å². The van der Waals surface area contributed by atoms with Crippen LogP contribution in [-0.4, -0.2) is 27.7 Å². The van der Waals surface area contributed by atoms with E-state index in [4.69, 9.17) is 16.3 Å². The predicted molar refractivity (Wildman–Crippen MR) is 82.5 cm³/mol. The number of ether oxygens (including phenoxy) is 1. The Morgan fingerprint density at radius 2 is 2.10 bits per heavy atom. The molecule has 106 valence electrons.